The Morgan fingerprint density at radius 2 is 0.624 bits per heavy atom. The maximum absolute atomic E-state index is 12.8. The molecule has 0 fully saturated rings. The Morgan fingerprint density at radius 3 is 0.988 bits per heavy atom. The second kappa shape index (κ2) is 60.7. The number of esters is 3. The van der Waals surface area contributed by atoms with Crippen LogP contribution in [-0.2, 0) is 55.8 Å². The molecule has 18 heteroatoms. The van der Waals surface area contributed by atoms with E-state index in [1.807, 2.05) is 0 Å². The third kappa shape index (κ3) is 61.9. The standard InChI is InChI=1S/C67H116O16P2/c1-4-7-10-13-16-19-22-24-26-27-28-29-30-31-32-33-35-37-39-41-44-47-50-53-65(70)77-56-62(68)57-79-84(73,74)80-58-63(69)59-81-85(75,76)82-61-64(83-67(72)55-52-49-46-43-38-21-18-15-12-9-6-3)60-78-66(71)54-51-48-45-42-40-36-34-25-23-20-17-14-11-8-5-2/h7-8,10-11,16-17,19-20,24-26,28-29,31-32,34,62-64,68-69H,4-6,9,12-15,18,21-23,27,30,33,35-61H2,1-3H3,(H,73,74)(H,75,76)/b10-7-,11-8-,19-16-,20-17-,26-24-,29-28-,32-31-,34-25-. The van der Waals surface area contributed by atoms with Crippen LogP contribution in [0.25, 0.3) is 0 Å². The zero-order valence-corrected chi connectivity index (χ0v) is 54.5. The molecule has 16 nitrogen and oxygen atoms in total. The van der Waals surface area contributed by atoms with Gasteiger partial charge in [0.15, 0.2) is 6.10 Å². The second-order valence-corrected chi connectivity index (χ2v) is 24.4. The molecule has 490 valence electrons. The molecule has 0 aromatic carbocycles. The van der Waals surface area contributed by atoms with E-state index in [2.05, 4.69) is 118 Å². The van der Waals surface area contributed by atoms with Gasteiger partial charge >= 0.3 is 33.6 Å². The molecule has 85 heavy (non-hydrogen) atoms. The van der Waals surface area contributed by atoms with Gasteiger partial charge in [0.2, 0.25) is 0 Å². The van der Waals surface area contributed by atoms with Crippen molar-refractivity contribution in [3.8, 4) is 0 Å². The average Bonchev–Trinajstić information content (AvgIpc) is 3.60. The molecule has 0 rings (SSSR count). The van der Waals surface area contributed by atoms with Crippen molar-refractivity contribution in [2.45, 2.75) is 270 Å². The highest BCUT2D eigenvalue weighted by Crippen LogP contribution is 2.45. The Kier molecular flexibility index (Phi) is 58.2. The highest BCUT2D eigenvalue weighted by molar-refractivity contribution is 7.47. The van der Waals surface area contributed by atoms with Crippen molar-refractivity contribution >= 4 is 33.6 Å². The number of carbonyl (C=O) groups excluding carboxylic acids is 3. The zero-order chi connectivity index (χ0) is 62.4. The van der Waals surface area contributed by atoms with E-state index in [4.69, 9.17) is 32.3 Å². The normalized spacial score (nSPS) is 15.0. The SMILES string of the molecule is CC/C=C\C/C=C\C/C=C\C/C=C\C/C=C\CCCCCCCCCC(=O)OCC(O)COP(=O)(O)OCC(O)COP(=O)(O)OCC(COC(=O)CCCCCCC/C=C\C/C=C\C/C=C\CC)OC(=O)CCCCCCCCCCCCC. The molecule has 5 atom stereocenters. The van der Waals surface area contributed by atoms with Crippen LogP contribution < -0.4 is 0 Å². The van der Waals surface area contributed by atoms with Crippen molar-refractivity contribution in [3.05, 3.63) is 97.2 Å². The van der Waals surface area contributed by atoms with E-state index in [0.29, 0.717) is 19.3 Å². The van der Waals surface area contributed by atoms with E-state index in [1.54, 1.807) is 0 Å². The molecule has 0 heterocycles. The van der Waals surface area contributed by atoms with Crippen molar-refractivity contribution in [1.82, 2.24) is 0 Å². The summed E-state index contributed by atoms with van der Waals surface area (Å²) in [4.78, 5) is 58.2. The first-order chi connectivity index (χ1) is 41.2. The molecule has 0 aliphatic rings. The van der Waals surface area contributed by atoms with Gasteiger partial charge in [0, 0.05) is 19.3 Å². The number of allylic oxidation sites excluding steroid dienone is 16. The van der Waals surface area contributed by atoms with Crippen LogP contribution in [0.15, 0.2) is 97.2 Å². The summed E-state index contributed by atoms with van der Waals surface area (Å²) in [7, 11) is -9.77. The lowest BCUT2D eigenvalue weighted by Gasteiger charge is -2.21. The largest absolute Gasteiger partial charge is 0.472 e. The second-order valence-electron chi connectivity index (χ2n) is 21.5. The maximum atomic E-state index is 12.8. The molecule has 0 radical (unpaired) electrons. The molecular weight excluding hydrogens is 1120 g/mol. The molecule has 5 unspecified atom stereocenters. The van der Waals surface area contributed by atoms with Crippen LogP contribution in [0, 0.1) is 0 Å². The minimum atomic E-state index is -4.92. The van der Waals surface area contributed by atoms with Crippen molar-refractivity contribution in [2.24, 2.45) is 0 Å². The van der Waals surface area contributed by atoms with Gasteiger partial charge < -0.3 is 34.2 Å². The lowest BCUT2D eigenvalue weighted by Crippen LogP contribution is -2.30. The monoisotopic (exact) mass is 1240 g/mol. The quantitative estimate of drug-likeness (QED) is 0.0146. The summed E-state index contributed by atoms with van der Waals surface area (Å²) in [5.74, 6) is -1.60. The minimum absolute atomic E-state index is 0.102. The number of aliphatic hydroxyl groups is 2. The fourth-order valence-corrected chi connectivity index (χ4v) is 9.96. The van der Waals surface area contributed by atoms with Gasteiger partial charge in [0.05, 0.1) is 26.4 Å². The molecule has 0 spiro atoms. The zero-order valence-electron chi connectivity index (χ0n) is 52.8. The van der Waals surface area contributed by atoms with Gasteiger partial charge in [0.25, 0.3) is 0 Å². The van der Waals surface area contributed by atoms with Gasteiger partial charge in [0.1, 0.15) is 25.4 Å². The van der Waals surface area contributed by atoms with Crippen molar-refractivity contribution in [1.29, 1.82) is 0 Å². The van der Waals surface area contributed by atoms with E-state index in [-0.39, 0.29) is 19.3 Å². The Hall–Kier alpha value is -3.53. The Labute approximate surface area is 514 Å². The first kappa shape index (κ1) is 81.5. The summed E-state index contributed by atoms with van der Waals surface area (Å²) in [6, 6.07) is 0. The van der Waals surface area contributed by atoms with Gasteiger partial charge in [-0.15, -0.1) is 0 Å². The topological polar surface area (TPSA) is 231 Å². The molecule has 0 amide bonds. The van der Waals surface area contributed by atoms with E-state index in [9.17, 15) is 43.5 Å². The van der Waals surface area contributed by atoms with Gasteiger partial charge in [-0.05, 0) is 96.3 Å². The summed E-state index contributed by atoms with van der Waals surface area (Å²) in [5.41, 5.74) is 0. The fourth-order valence-electron chi connectivity index (χ4n) is 8.38. The smallest absolute Gasteiger partial charge is 0.463 e. The summed E-state index contributed by atoms with van der Waals surface area (Å²) >= 11 is 0. The van der Waals surface area contributed by atoms with Gasteiger partial charge in [-0.25, -0.2) is 9.13 Å². The number of ether oxygens (including phenoxy) is 3. The van der Waals surface area contributed by atoms with E-state index in [0.717, 1.165) is 154 Å². The first-order valence-electron chi connectivity index (χ1n) is 32.5. The van der Waals surface area contributed by atoms with Crippen LogP contribution in [0.3, 0.4) is 0 Å². The van der Waals surface area contributed by atoms with E-state index >= 15 is 0 Å². The molecule has 0 aliphatic carbocycles. The van der Waals surface area contributed by atoms with Crippen molar-refractivity contribution in [2.75, 3.05) is 39.6 Å². The molecule has 0 saturated heterocycles. The number of hydrogen-bond donors (Lipinski definition) is 4. The molecule has 0 saturated carbocycles. The number of carbonyl (C=O) groups is 3. The van der Waals surface area contributed by atoms with Gasteiger partial charge in [-0.3, -0.25) is 32.5 Å². The average molecular weight is 1240 g/mol. The number of phosphoric acid groups is 2. The predicted octanol–water partition coefficient (Wildman–Crippen LogP) is 17.5. The molecule has 0 aromatic rings. The Morgan fingerprint density at radius 1 is 0.341 bits per heavy atom. The van der Waals surface area contributed by atoms with Gasteiger partial charge in [-0.2, -0.15) is 0 Å². The van der Waals surface area contributed by atoms with E-state index < -0.39 is 91.5 Å². The number of unbranched alkanes of at least 4 members (excludes halogenated alkanes) is 22. The third-order valence-electron chi connectivity index (χ3n) is 13.3. The molecule has 0 aromatic heterocycles. The van der Waals surface area contributed by atoms with Crippen LogP contribution in [0.2, 0.25) is 0 Å². The Balaban J connectivity index is 4.55. The van der Waals surface area contributed by atoms with E-state index in [1.165, 1.54) is 38.5 Å². The molecule has 0 bridgehead atoms. The number of hydrogen-bond acceptors (Lipinski definition) is 14. The fraction of sp³-hybridized carbons (Fsp3) is 0.716. The highest BCUT2D eigenvalue weighted by Gasteiger charge is 2.29. The lowest BCUT2D eigenvalue weighted by molar-refractivity contribution is -0.161. The predicted molar refractivity (Wildman–Crippen MR) is 344 cm³/mol. The summed E-state index contributed by atoms with van der Waals surface area (Å²) in [6.45, 7) is 2.39. The molecular formula is C67H116O16P2. The summed E-state index contributed by atoms with van der Waals surface area (Å²) < 4.78 is 60.7. The van der Waals surface area contributed by atoms with Crippen LogP contribution >= 0.6 is 15.6 Å². The van der Waals surface area contributed by atoms with Crippen molar-refractivity contribution < 1.29 is 75.8 Å². The van der Waals surface area contributed by atoms with Crippen LogP contribution in [0.1, 0.15) is 252 Å². The van der Waals surface area contributed by atoms with Gasteiger partial charge in [-0.1, -0.05) is 234 Å². The number of rotatable bonds is 61. The summed E-state index contributed by atoms with van der Waals surface area (Å²) in [5, 5.41) is 20.5. The maximum Gasteiger partial charge on any atom is 0.472 e. The molecule has 0 aliphatic heterocycles. The molecule has 4 N–H and O–H groups in total. The lowest BCUT2D eigenvalue weighted by atomic mass is 10.1. The minimum Gasteiger partial charge on any atom is -0.463 e. The Bertz CT molecular complexity index is 1940. The summed E-state index contributed by atoms with van der Waals surface area (Å²) in [6.07, 6.45) is 64.7. The number of phosphoric ester groups is 2. The van der Waals surface area contributed by atoms with Crippen LogP contribution in [0.5, 0.6) is 0 Å². The van der Waals surface area contributed by atoms with Crippen LogP contribution in [0.4, 0.5) is 0 Å². The highest BCUT2D eigenvalue weighted by atomic mass is 31.2. The first-order valence-corrected chi connectivity index (χ1v) is 35.5. The third-order valence-corrected chi connectivity index (χ3v) is 15.2. The number of aliphatic hydroxyl groups excluding tert-OH is 2. The van der Waals surface area contributed by atoms with Crippen molar-refractivity contribution in [3.63, 3.8) is 0 Å². The van der Waals surface area contributed by atoms with Crippen LogP contribution in [-0.4, -0.2) is 95.9 Å².